The van der Waals surface area contributed by atoms with Crippen molar-refractivity contribution in [2.24, 2.45) is 5.92 Å². The highest BCUT2D eigenvalue weighted by molar-refractivity contribution is 7.92. The molecule has 0 radical (unpaired) electrons. The first-order valence-electron chi connectivity index (χ1n) is 13.3. The first-order chi connectivity index (χ1) is 19.7. The number of carbonyl (C=O) groups excluding carboxylic acids is 2. The van der Waals surface area contributed by atoms with Gasteiger partial charge in [0.25, 0.3) is 15.9 Å². The Kier molecular flexibility index (Phi) is 10.9. The van der Waals surface area contributed by atoms with Gasteiger partial charge in [-0.15, -0.1) is 0 Å². The van der Waals surface area contributed by atoms with Crippen molar-refractivity contribution >= 4 is 50.7 Å². The van der Waals surface area contributed by atoms with Crippen LogP contribution in [-0.2, 0) is 14.8 Å². The van der Waals surface area contributed by atoms with E-state index in [2.05, 4.69) is 16.0 Å². The lowest BCUT2D eigenvalue weighted by Gasteiger charge is -2.24. The molecule has 0 bridgehead atoms. The summed E-state index contributed by atoms with van der Waals surface area (Å²) < 4.78 is 28.0. The average molecular weight is 620 g/mol. The van der Waals surface area contributed by atoms with E-state index in [9.17, 15) is 18.0 Å². The fourth-order valence-corrected chi connectivity index (χ4v) is 6.11. The number of benzene rings is 3. The molecule has 2 amide bonds. The Bertz CT molecular complexity index is 1430. The van der Waals surface area contributed by atoms with Crippen LogP contribution in [0.2, 0.25) is 10.0 Å². The van der Waals surface area contributed by atoms with Crippen molar-refractivity contribution in [3.63, 3.8) is 0 Å². The van der Waals surface area contributed by atoms with Gasteiger partial charge < -0.3 is 20.8 Å². The minimum atomic E-state index is -4.25. The summed E-state index contributed by atoms with van der Waals surface area (Å²) in [6, 6.07) is 18.0. The Morgan fingerprint density at radius 2 is 1.66 bits per heavy atom. The van der Waals surface area contributed by atoms with Crippen LogP contribution in [0.25, 0.3) is 0 Å². The molecule has 0 aromatic heterocycles. The van der Waals surface area contributed by atoms with Crippen LogP contribution in [-0.4, -0.2) is 46.4 Å². The van der Waals surface area contributed by atoms with E-state index in [0.717, 1.165) is 43.2 Å². The van der Waals surface area contributed by atoms with E-state index in [1.54, 1.807) is 30.3 Å². The number of hydrogen-bond donors (Lipinski definition) is 3. The Balaban J connectivity index is 1.36. The molecule has 12 heteroatoms. The van der Waals surface area contributed by atoms with Crippen molar-refractivity contribution in [3.05, 3.63) is 88.4 Å². The topological polar surface area (TPSA) is 117 Å². The molecule has 1 fully saturated rings. The third-order valence-electron chi connectivity index (χ3n) is 6.65. The normalized spacial score (nSPS) is 13.8. The summed E-state index contributed by atoms with van der Waals surface area (Å²) in [6.07, 6.45) is 4.30. The monoisotopic (exact) mass is 618 g/mol. The van der Waals surface area contributed by atoms with Gasteiger partial charge in [-0.2, -0.15) is 8.42 Å². The molecule has 0 aliphatic carbocycles. The molecule has 0 spiro atoms. The van der Waals surface area contributed by atoms with E-state index >= 15 is 0 Å². The number of nitrogens with zero attached hydrogens (tertiary/aromatic N) is 1. The summed E-state index contributed by atoms with van der Waals surface area (Å²) in [5.41, 5.74) is 0.442. The minimum absolute atomic E-state index is 0.0871. The molecule has 1 aliphatic rings. The molecule has 0 atom stereocenters. The highest BCUT2D eigenvalue weighted by Gasteiger charge is 2.28. The van der Waals surface area contributed by atoms with Crippen LogP contribution >= 0.6 is 23.2 Å². The number of halogens is 2. The lowest BCUT2D eigenvalue weighted by molar-refractivity contribution is -0.120. The van der Waals surface area contributed by atoms with Crippen LogP contribution in [0.15, 0.2) is 77.7 Å². The van der Waals surface area contributed by atoms with Crippen molar-refractivity contribution in [1.29, 1.82) is 0 Å². The number of rotatable bonds is 12. The first kappa shape index (κ1) is 30.6. The van der Waals surface area contributed by atoms with Crippen molar-refractivity contribution in [1.82, 2.24) is 16.0 Å². The largest absolute Gasteiger partial charge is 0.363 e. The molecule has 1 aliphatic heterocycles. The molecule has 0 unspecified atom stereocenters. The zero-order valence-corrected chi connectivity index (χ0v) is 24.6. The van der Waals surface area contributed by atoms with Crippen LogP contribution in [0.5, 0.6) is 5.75 Å². The maximum atomic E-state index is 13.6. The summed E-state index contributed by atoms with van der Waals surface area (Å²) in [4.78, 5) is 30.4. The summed E-state index contributed by atoms with van der Waals surface area (Å²) in [5.74, 6) is 0.00699. The van der Waals surface area contributed by atoms with E-state index in [4.69, 9.17) is 28.0 Å². The van der Waals surface area contributed by atoms with Gasteiger partial charge in [0.05, 0.1) is 22.2 Å². The fraction of sp³-hybridized carbons (Fsp3) is 0.310. The molecule has 0 saturated carbocycles. The summed E-state index contributed by atoms with van der Waals surface area (Å²) in [6.45, 7) is 2.48. The quantitative estimate of drug-likeness (QED) is 0.198. The second-order valence-electron chi connectivity index (χ2n) is 9.63. The van der Waals surface area contributed by atoms with E-state index < -0.39 is 15.9 Å². The van der Waals surface area contributed by atoms with Gasteiger partial charge in [0.1, 0.15) is 0 Å². The standard InChI is InChI=1S/C29H32Cl2N4O5S/c30-23-10-13-27(26(31)19-23)40-35(24-6-2-1-3-7-24)41(38,39)25-11-8-22(9-12-25)29(37)34-20-28(36)33-16-4-5-21-14-17-32-18-15-21/h1-3,6-13,19,21,32H,4-5,14-18,20H2,(H,33,36)(H,34,37). The van der Waals surface area contributed by atoms with E-state index in [1.165, 1.54) is 42.5 Å². The lowest BCUT2D eigenvalue weighted by atomic mass is 9.93. The Labute approximate surface area is 250 Å². The third kappa shape index (κ3) is 8.59. The number of sulfonamides is 1. The van der Waals surface area contributed by atoms with Gasteiger partial charge in [-0.05, 0) is 99.3 Å². The minimum Gasteiger partial charge on any atom is -0.363 e. The molecule has 1 saturated heterocycles. The van der Waals surface area contributed by atoms with Gasteiger partial charge in [-0.3, -0.25) is 9.59 Å². The van der Waals surface area contributed by atoms with Gasteiger partial charge in [0.2, 0.25) is 5.91 Å². The zero-order chi connectivity index (χ0) is 29.2. The number of para-hydroxylation sites is 1. The average Bonchev–Trinajstić information content (AvgIpc) is 2.98. The molecular weight excluding hydrogens is 587 g/mol. The van der Waals surface area contributed by atoms with Crippen molar-refractivity contribution in [2.75, 3.05) is 30.6 Å². The number of nitrogens with one attached hydrogen (secondary N) is 3. The molecular formula is C29H32Cl2N4O5S. The number of hydrogen-bond acceptors (Lipinski definition) is 6. The molecule has 9 nitrogen and oxygen atoms in total. The molecule has 218 valence electrons. The van der Waals surface area contributed by atoms with Crippen LogP contribution in [0.1, 0.15) is 36.0 Å². The highest BCUT2D eigenvalue weighted by atomic mass is 35.5. The molecule has 3 N–H and O–H groups in total. The predicted molar refractivity (Wildman–Crippen MR) is 160 cm³/mol. The molecule has 3 aromatic rings. The summed E-state index contributed by atoms with van der Waals surface area (Å²) in [7, 11) is -4.25. The lowest BCUT2D eigenvalue weighted by Crippen LogP contribution is -2.37. The van der Waals surface area contributed by atoms with E-state index in [1.807, 2.05) is 0 Å². The summed E-state index contributed by atoms with van der Waals surface area (Å²) >= 11 is 12.2. The van der Waals surface area contributed by atoms with Crippen molar-refractivity contribution < 1.29 is 22.8 Å². The third-order valence-corrected chi connectivity index (χ3v) is 8.77. The van der Waals surface area contributed by atoms with E-state index in [0.29, 0.717) is 17.5 Å². The number of piperidine rings is 1. The predicted octanol–water partition coefficient (Wildman–Crippen LogP) is 4.81. The molecule has 41 heavy (non-hydrogen) atoms. The molecule has 3 aromatic carbocycles. The fourth-order valence-electron chi connectivity index (χ4n) is 4.42. The zero-order valence-electron chi connectivity index (χ0n) is 22.3. The second kappa shape index (κ2) is 14.5. The molecule has 1 heterocycles. The van der Waals surface area contributed by atoms with E-state index in [-0.39, 0.29) is 39.4 Å². The SMILES string of the molecule is O=C(CNC(=O)c1ccc(S(=O)(=O)N(Oc2ccc(Cl)cc2Cl)c2ccccc2)cc1)NCCCC1CCNCC1. The first-order valence-corrected chi connectivity index (χ1v) is 15.5. The van der Waals surface area contributed by atoms with Crippen molar-refractivity contribution in [3.8, 4) is 5.75 Å². The maximum Gasteiger partial charge on any atom is 0.295 e. The van der Waals surface area contributed by atoms with Crippen LogP contribution in [0, 0.1) is 5.92 Å². The smallest absolute Gasteiger partial charge is 0.295 e. The Morgan fingerprint density at radius 1 is 0.951 bits per heavy atom. The highest BCUT2D eigenvalue weighted by Crippen LogP contribution is 2.32. The van der Waals surface area contributed by atoms with Crippen molar-refractivity contribution in [2.45, 2.75) is 30.6 Å². The van der Waals surface area contributed by atoms with Crippen LogP contribution < -0.4 is 25.3 Å². The van der Waals surface area contributed by atoms with Crippen LogP contribution in [0.4, 0.5) is 5.69 Å². The Hall–Kier alpha value is -3.31. The van der Waals surface area contributed by atoms with Gasteiger partial charge in [0, 0.05) is 17.1 Å². The molecule has 4 rings (SSSR count). The van der Waals surface area contributed by atoms with Gasteiger partial charge in [0.15, 0.2) is 5.75 Å². The summed E-state index contributed by atoms with van der Waals surface area (Å²) in [5, 5.41) is 9.24. The Morgan fingerprint density at radius 3 is 2.34 bits per heavy atom. The second-order valence-corrected chi connectivity index (χ2v) is 12.2. The van der Waals surface area contributed by atoms with Gasteiger partial charge in [-0.1, -0.05) is 45.9 Å². The van der Waals surface area contributed by atoms with Gasteiger partial charge >= 0.3 is 0 Å². The number of carbonyl (C=O) groups is 2. The maximum absolute atomic E-state index is 13.6. The number of amides is 2. The van der Waals surface area contributed by atoms with Gasteiger partial charge in [-0.25, -0.2) is 0 Å². The van der Waals surface area contributed by atoms with Crippen LogP contribution in [0.3, 0.4) is 0 Å². The number of anilines is 1.